The number of sulfonamides is 1. The third-order valence-electron chi connectivity index (χ3n) is 3.40. The molecule has 118 valence electrons. The van der Waals surface area contributed by atoms with E-state index in [0.29, 0.717) is 31.2 Å². The van der Waals surface area contributed by atoms with Gasteiger partial charge in [-0.3, -0.25) is 0 Å². The Hall–Kier alpha value is -0.950. The summed E-state index contributed by atoms with van der Waals surface area (Å²) in [5.41, 5.74) is 0.868. The summed E-state index contributed by atoms with van der Waals surface area (Å²) >= 11 is 0. The van der Waals surface area contributed by atoms with Gasteiger partial charge in [0.25, 0.3) is 0 Å². The molecule has 0 bridgehead atoms. The molecule has 2 atom stereocenters. The van der Waals surface area contributed by atoms with Crippen LogP contribution < -0.4 is 0 Å². The van der Waals surface area contributed by atoms with Crippen LogP contribution in [0.2, 0.25) is 0 Å². The molecule has 0 amide bonds. The van der Waals surface area contributed by atoms with E-state index in [1.54, 1.807) is 18.2 Å². The maximum absolute atomic E-state index is 12.7. The van der Waals surface area contributed by atoms with Crippen LogP contribution in [0.15, 0.2) is 29.2 Å². The first kappa shape index (κ1) is 16.4. The minimum absolute atomic E-state index is 0.0878. The third-order valence-corrected chi connectivity index (χ3v) is 5.22. The highest BCUT2D eigenvalue weighted by atomic mass is 32.2. The van der Waals surface area contributed by atoms with Gasteiger partial charge < -0.3 is 9.47 Å². The van der Waals surface area contributed by atoms with E-state index < -0.39 is 10.0 Å². The average molecular weight is 313 g/mol. The Morgan fingerprint density at radius 1 is 1.29 bits per heavy atom. The highest BCUT2D eigenvalue weighted by Gasteiger charge is 2.32. The van der Waals surface area contributed by atoms with Gasteiger partial charge in [-0.15, -0.1) is 0 Å². The number of hydrogen-bond acceptors (Lipinski definition) is 4. The lowest BCUT2D eigenvalue weighted by Gasteiger charge is -2.34. The van der Waals surface area contributed by atoms with Crippen LogP contribution in [0.5, 0.6) is 0 Å². The molecule has 21 heavy (non-hydrogen) atoms. The van der Waals surface area contributed by atoms with Gasteiger partial charge in [0.15, 0.2) is 0 Å². The first-order chi connectivity index (χ1) is 9.93. The number of rotatable bonds is 5. The number of hydrogen-bond donors (Lipinski definition) is 0. The summed E-state index contributed by atoms with van der Waals surface area (Å²) < 4.78 is 37.9. The second-order valence-electron chi connectivity index (χ2n) is 5.36. The van der Waals surface area contributed by atoms with Crippen LogP contribution in [0.4, 0.5) is 0 Å². The highest BCUT2D eigenvalue weighted by Crippen LogP contribution is 2.22. The van der Waals surface area contributed by atoms with Crippen molar-refractivity contribution in [2.24, 2.45) is 0 Å². The zero-order valence-electron chi connectivity index (χ0n) is 12.8. The van der Waals surface area contributed by atoms with E-state index in [2.05, 4.69) is 0 Å². The zero-order chi connectivity index (χ0) is 15.5. The molecule has 1 saturated heterocycles. The molecule has 0 aromatic heterocycles. The van der Waals surface area contributed by atoms with E-state index in [4.69, 9.17) is 9.47 Å². The van der Waals surface area contributed by atoms with Gasteiger partial charge in [-0.25, -0.2) is 8.42 Å². The van der Waals surface area contributed by atoms with Gasteiger partial charge in [-0.1, -0.05) is 12.1 Å². The zero-order valence-corrected chi connectivity index (χ0v) is 13.6. The molecule has 0 saturated carbocycles. The fourth-order valence-electron chi connectivity index (χ4n) is 2.49. The molecule has 2 rings (SSSR count). The van der Waals surface area contributed by atoms with Crippen molar-refractivity contribution in [2.75, 3.05) is 19.7 Å². The van der Waals surface area contributed by atoms with Crippen LogP contribution in [0.25, 0.3) is 0 Å². The first-order valence-corrected chi connectivity index (χ1v) is 8.69. The van der Waals surface area contributed by atoms with Gasteiger partial charge in [-0.05, 0) is 38.5 Å². The van der Waals surface area contributed by atoms with Crippen LogP contribution in [0.1, 0.15) is 26.3 Å². The molecule has 0 unspecified atom stereocenters. The summed E-state index contributed by atoms with van der Waals surface area (Å²) in [4.78, 5) is 0.320. The van der Waals surface area contributed by atoms with Gasteiger partial charge in [0.2, 0.25) is 10.0 Å². The summed E-state index contributed by atoms with van der Waals surface area (Å²) in [7, 11) is -3.48. The van der Waals surface area contributed by atoms with Crippen molar-refractivity contribution in [1.82, 2.24) is 4.31 Å². The predicted octanol–water partition coefficient (Wildman–Crippen LogP) is 2.02. The summed E-state index contributed by atoms with van der Waals surface area (Å²) in [5, 5.41) is 0. The maximum atomic E-state index is 12.7. The van der Waals surface area contributed by atoms with Crippen molar-refractivity contribution >= 4 is 10.0 Å². The normalized spacial score (nSPS) is 24.1. The number of benzene rings is 1. The molecule has 1 aromatic carbocycles. The van der Waals surface area contributed by atoms with Crippen LogP contribution in [-0.4, -0.2) is 44.6 Å². The maximum Gasteiger partial charge on any atom is 0.243 e. The van der Waals surface area contributed by atoms with Crippen LogP contribution in [-0.2, 0) is 26.1 Å². The van der Waals surface area contributed by atoms with Gasteiger partial charge in [0, 0.05) is 19.7 Å². The van der Waals surface area contributed by atoms with Crippen molar-refractivity contribution in [2.45, 2.75) is 44.5 Å². The fourth-order valence-corrected chi connectivity index (χ4v) is 4.15. The van der Waals surface area contributed by atoms with E-state index in [1.165, 1.54) is 4.31 Å². The van der Waals surface area contributed by atoms with E-state index in [9.17, 15) is 8.42 Å². The highest BCUT2D eigenvalue weighted by molar-refractivity contribution is 7.89. The minimum atomic E-state index is -3.48. The largest absolute Gasteiger partial charge is 0.377 e. The third kappa shape index (κ3) is 4.03. The predicted molar refractivity (Wildman–Crippen MR) is 80.5 cm³/mol. The molecule has 0 spiro atoms. The Kier molecular flexibility index (Phi) is 5.37. The molecular weight excluding hydrogens is 290 g/mol. The molecule has 1 heterocycles. The number of morpholine rings is 1. The van der Waals surface area contributed by atoms with Gasteiger partial charge in [0.1, 0.15) is 0 Å². The topological polar surface area (TPSA) is 55.8 Å². The second kappa shape index (κ2) is 6.87. The molecular formula is C15H23NO4S. The Morgan fingerprint density at radius 2 is 1.95 bits per heavy atom. The Labute approximate surface area is 126 Å². The monoisotopic (exact) mass is 313 g/mol. The molecule has 0 aliphatic carbocycles. The van der Waals surface area contributed by atoms with E-state index in [-0.39, 0.29) is 12.2 Å². The van der Waals surface area contributed by atoms with Gasteiger partial charge in [0.05, 0.1) is 23.7 Å². The molecule has 5 nitrogen and oxygen atoms in total. The quantitative estimate of drug-likeness (QED) is 0.834. The smallest absolute Gasteiger partial charge is 0.243 e. The molecule has 0 N–H and O–H groups in total. The van der Waals surface area contributed by atoms with Crippen molar-refractivity contribution in [1.29, 1.82) is 0 Å². The van der Waals surface area contributed by atoms with Crippen molar-refractivity contribution in [3.05, 3.63) is 29.8 Å². The Balaban J connectivity index is 2.22. The fraction of sp³-hybridized carbons (Fsp3) is 0.600. The lowest BCUT2D eigenvalue weighted by molar-refractivity contribution is -0.0440. The Morgan fingerprint density at radius 3 is 2.57 bits per heavy atom. The molecule has 0 radical (unpaired) electrons. The summed E-state index contributed by atoms with van der Waals surface area (Å²) in [6.45, 7) is 7.51. The SMILES string of the molecule is CCOCc1cccc(S(=O)(=O)N2C[C@H](C)O[C@@H](C)C2)c1. The van der Waals surface area contributed by atoms with Crippen molar-refractivity contribution in [3.8, 4) is 0 Å². The van der Waals surface area contributed by atoms with Crippen LogP contribution in [0.3, 0.4) is 0 Å². The standard InChI is InChI=1S/C15H23NO4S/c1-4-19-11-14-6-5-7-15(8-14)21(17,18)16-9-12(2)20-13(3)10-16/h5-8,12-13H,4,9-11H2,1-3H3/t12-,13-/m0/s1. The molecule has 1 aliphatic heterocycles. The van der Waals surface area contributed by atoms with Crippen molar-refractivity contribution < 1.29 is 17.9 Å². The summed E-state index contributed by atoms with van der Waals surface area (Å²) in [6.07, 6.45) is -0.176. The Bertz CT molecular complexity index is 563. The van der Waals surface area contributed by atoms with Crippen molar-refractivity contribution in [3.63, 3.8) is 0 Å². The molecule has 1 aliphatic rings. The van der Waals surface area contributed by atoms with E-state index in [1.807, 2.05) is 26.8 Å². The molecule has 1 fully saturated rings. The average Bonchev–Trinajstić information content (AvgIpc) is 2.44. The van der Waals surface area contributed by atoms with E-state index in [0.717, 1.165) is 5.56 Å². The van der Waals surface area contributed by atoms with Crippen LogP contribution >= 0.6 is 0 Å². The van der Waals surface area contributed by atoms with Gasteiger partial charge >= 0.3 is 0 Å². The van der Waals surface area contributed by atoms with Crippen LogP contribution in [0, 0.1) is 0 Å². The first-order valence-electron chi connectivity index (χ1n) is 7.25. The summed E-state index contributed by atoms with van der Waals surface area (Å²) in [6, 6.07) is 6.96. The molecule has 6 heteroatoms. The number of ether oxygens (including phenoxy) is 2. The van der Waals surface area contributed by atoms with Gasteiger partial charge in [-0.2, -0.15) is 4.31 Å². The van der Waals surface area contributed by atoms with E-state index >= 15 is 0 Å². The lowest BCUT2D eigenvalue weighted by Crippen LogP contribution is -2.48. The summed E-state index contributed by atoms with van der Waals surface area (Å²) in [5.74, 6) is 0. The molecule has 1 aromatic rings. The minimum Gasteiger partial charge on any atom is -0.377 e. The second-order valence-corrected chi connectivity index (χ2v) is 7.30. The lowest BCUT2D eigenvalue weighted by atomic mass is 10.2. The number of nitrogens with zero attached hydrogens (tertiary/aromatic N) is 1.